The number of imidazole rings is 1. The number of likely N-dealkylation sites (N-methyl/N-ethyl adjacent to an activating group) is 1. The normalized spacial score (nSPS) is 12.6. The van der Waals surface area contributed by atoms with E-state index in [1.165, 1.54) is 19.6 Å². The third-order valence-electron chi connectivity index (χ3n) is 2.57. The van der Waals surface area contributed by atoms with Crippen molar-refractivity contribution in [2.45, 2.75) is 39.0 Å². The van der Waals surface area contributed by atoms with Gasteiger partial charge in [-0.15, -0.1) is 0 Å². The monoisotopic (exact) mass is 298 g/mol. The van der Waals surface area contributed by atoms with Gasteiger partial charge in [-0.1, -0.05) is 0 Å². The van der Waals surface area contributed by atoms with Gasteiger partial charge in [-0.25, -0.2) is 9.78 Å². The molecule has 0 aliphatic heterocycles. The summed E-state index contributed by atoms with van der Waals surface area (Å²) in [6.45, 7) is 4.96. The number of nitrogens with one attached hydrogen (secondary N) is 2. The molecule has 0 bridgehead atoms. The highest BCUT2D eigenvalue weighted by atomic mass is 16.6. The minimum absolute atomic E-state index is 0.0539. The fourth-order valence-electron chi connectivity index (χ4n) is 1.65. The molecule has 8 nitrogen and oxygen atoms in total. The summed E-state index contributed by atoms with van der Waals surface area (Å²) in [5.41, 5.74) is -0.112. The van der Waals surface area contributed by atoms with Crippen LogP contribution in [0.2, 0.25) is 0 Å². The number of aliphatic hydroxyl groups excluding tert-OH is 1. The van der Waals surface area contributed by atoms with E-state index in [-0.39, 0.29) is 19.1 Å². The van der Waals surface area contributed by atoms with Crippen LogP contribution in [0.15, 0.2) is 12.5 Å². The van der Waals surface area contributed by atoms with E-state index in [0.717, 1.165) is 0 Å². The molecule has 1 heterocycles. The Hall–Kier alpha value is -2.09. The van der Waals surface area contributed by atoms with Gasteiger partial charge in [-0.2, -0.15) is 0 Å². The molecule has 0 radical (unpaired) electrons. The van der Waals surface area contributed by atoms with E-state index in [0.29, 0.717) is 5.69 Å². The standard InChI is InChI=1S/C13H22N4O4/c1-13(2,3)21-12(20)16-9(7-18)10-5-15-8-17(10)6-11(19)14-4/h5,8-9,18H,6-7H2,1-4H3,(H,14,19)(H,16,20). The molecule has 3 N–H and O–H groups in total. The second kappa shape index (κ2) is 7.07. The number of carbonyl (C=O) groups excluding carboxylic acids is 2. The number of amides is 2. The lowest BCUT2D eigenvalue weighted by atomic mass is 10.2. The second-order valence-electron chi connectivity index (χ2n) is 5.50. The summed E-state index contributed by atoms with van der Waals surface area (Å²) in [4.78, 5) is 27.1. The van der Waals surface area contributed by atoms with E-state index in [2.05, 4.69) is 15.6 Å². The van der Waals surface area contributed by atoms with Gasteiger partial charge in [0.25, 0.3) is 0 Å². The Bertz CT molecular complexity index is 493. The van der Waals surface area contributed by atoms with E-state index in [4.69, 9.17) is 4.74 Å². The molecular weight excluding hydrogens is 276 g/mol. The fraction of sp³-hybridized carbons (Fsp3) is 0.615. The number of aliphatic hydroxyl groups is 1. The summed E-state index contributed by atoms with van der Waals surface area (Å²) in [6.07, 6.45) is 2.31. The number of aromatic nitrogens is 2. The molecule has 1 aromatic rings. The highest BCUT2D eigenvalue weighted by Gasteiger charge is 2.22. The Morgan fingerprint density at radius 3 is 2.67 bits per heavy atom. The molecule has 0 fully saturated rings. The van der Waals surface area contributed by atoms with Gasteiger partial charge in [0.1, 0.15) is 12.1 Å². The molecule has 0 aliphatic carbocycles. The predicted octanol–water partition coefficient (Wildman–Crippen LogP) is 0.187. The lowest BCUT2D eigenvalue weighted by Crippen LogP contribution is -2.37. The van der Waals surface area contributed by atoms with Gasteiger partial charge < -0.3 is 25.0 Å². The molecule has 118 valence electrons. The van der Waals surface area contributed by atoms with Crippen molar-refractivity contribution < 1.29 is 19.4 Å². The summed E-state index contributed by atoms with van der Waals surface area (Å²) < 4.78 is 6.69. The maximum atomic E-state index is 11.8. The molecule has 0 saturated heterocycles. The Morgan fingerprint density at radius 1 is 1.48 bits per heavy atom. The van der Waals surface area contributed by atoms with Crippen molar-refractivity contribution in [2.75, 3.05) is 13.7 Å². The van der Waals surface area contributed by atoms with Crippen LogP contribution in [0, 0.1) is 0 Å². The van der Waals surface area contributed by atoms with E-state index in [1.807, 2.05) is 0 Å². The van der Waals surface area contributed by atoms with E-state index in [9.17, 15) is 14.7 Å². The quantitative estimate of drug-likeness (QED) is 0.719. The maximum Gasteiger partial charge on any atom is 0.408 e. The van der Waals surface area contributed by atoms with Gasteiger partial charge in [0.2, 0.25) is 5.91 Å². The molecular formula is C13H22N4O4. The fourth-order valence-corrected chi connectivity index (χ4v) is 1.65. The number of hydrogen-bond acceptors (Lipinski definition) is 5. The van der Waals surface area contributed by atoms with Gasteiger partial charge in [0.05, 0.1) is 30.9 Å². The smallest absolute Gasteiger partial charge is 0.408 e. The molecule has 0 aromatic carbocycles. The zero-order valence-electron chi connectivity index (χ0n) is 12.7. The van der Waals surface area contributed by atoms with Crippen LogP contribution in [0.25, 0.3) is 0 Å². The van der Waals surface area contributed by atoms with Gasteiger partial charge in [-0.3, -0.25) is 4.79 Å². The van der Waals surface area contributed by atoms with Crippen molar-refractivity contribution >= 4 is 12.0 Å². The number of hydrogen-bond donors (Lipinski definition) is 3. The molecule has 1 rings (SSSR count). The van der Waals surface area contributed by atoms with Gasteiger partial charge in [0, 0.05) is 7.05 Å². The first-order valence-electron chi connectivity index (χ1n) is 6.57. The number of alkyl carbamates (subject to hydrolysis) is 1. The Kier molecular flexibility index (Phi) is 5.71. The number of carbonyl (C=O) groups is 2. The summed E-state index contributed by atoms with van der Waals surface area (Å²) in [5.74, 6) is -0.205. The van der Waals surface area contributed by atoms with Crippen LogP contribution in [-0.4, -0.2) is 45.9 Å². The van der Waals surface area contributed by atoms with Crippen LogP contribution in [-0.2, 0) is 16.1 Å². The molecule has 0 spiro atoms. The minimum atomic E-state index is -0.702. The van der Waals surface area contributed by atoms with Crippen molar-refractivity contribution in [1.29, 1.82) is 0 Å². The van der Waals surface area contributed by atoms with Gasteiger partial charge >= 0.3 is 6.09 Å². The molecule has 21 heavy (non-hydrogen) atoms. The van der Waals surface area contributed by atoms with Crippen LogP contribution in [0.1, 0.15) is 32.5 Å². The number of ether oxygens (including phenoxy) is 1. The molecule has 8 heteroatoms. The molecule has 1 atom stereocenters. The first kappa shape index (κ1) is 17.0. The Labute approximate surface area is 123 Å². The Balaban J connectivity index is 2.79. The second-order valence-corrected chi connectivity index (χ2v) is 5.50. The van der Waals surface area contributed by atoms with E-state index >= 15 is 0 Å². The summed E-state index contributed by atoms with van der Waals surface area (Å²) in [6, 6.07) is -0.702. The van der Waals surface area contributed by atoms with E-state index < -0.39 is 17.7 Å². The van der Waals surface area contributed by atoms with Crippen molar-refractivity contribution in [3.63, 3.8) is 0 Å². The Morgan fingerprint density at radius 2 is 2.14 bits per heavy atom. The summed E-state index contributed by atoms with van der Waals surface area (Å²) in [7, 11) is 1.53. The van der Waals surface area contributed by atoms with Crippen molar-refractivity contribution in [3.8, 4) is 0 Å². The van der Waals surface area contributed by atoms with Crippen molar-refractivity contribution in [1.82, 2.24) is 20.2 Å². The third kappa shape index (κ3) is 5.42. The highest BCUT2D eigenvalue weighted by molar-refractivity contribution is 5.75. The van der Waals surface area contributed by atoms with Crippen molar-refractivity contribution in [2.24, 2.45) is 0 Å². The SMILES string of the molecule is CNC(=O)Cn1cncc1C(CO)NC(=O)OC(C)(C)C. The first-order chi connectivity index (χ1) is 9.76. The molecule has 0 aliphatic rings. The lowest BCUT2D eigenvalue weighted by Gasteiger charge is -2.23. The topological polar surface area (TPSA) is 105 Å². The van der Waals surface area contributed by atoms with Gasteiger partial charge in [-0.05, 0) is 20.8 Å². The minimum Gasteiger partial charge on any atom is -0.444 e. The van der Waals surface area contributed by atoms with Crippen molar-refractivity contribution in [3.05, 3.63) is 18.2 Å². The largest absolute Gasteiger partial charge is 0.444 e. The zero-order valence-corrected chi connectivity index (χ0v) is 12.7. The highest BCUT2D eigenvalue weighted by Crippen LogP contribution is 2.14. The first-order valence-corrected chi connectivity index (χ1v) is 6.57. The maximum absolute atomic E-state index is 11.8. The lowest BCUT2D eigenvalue weighted by molar-refractivity contribution is -0.121. The summed E-state index contributed by atoms with van der Waals surface area (Å²) >= 11 is 0. The average Bonchev–Trinajstić information content (AvgIpc) is 2.81. The van der Waals surface area contributed by atoms with E-state index in [1.54, 1.807) is 25.3 Å². The van der Waals surface area contributed by atoms with Crippen LogP contribution in [0.4, 0.5) is 4.79 Å². The zero-order chi connectivity index (χ0) is 16.0. The van der Waals surface area contributed by atoms with Crippen LogP contribution in [0.5, 0.6) is 0 Å². The average molecular weight is 298 g/mol. The molecule has 1 unspecified atom stereocenters. The predicted molar refractivity (Wildman–Crippen MR) is 75.5 cm³/mol. The van der Waals surface area contributed by atoms with Gasteiger partial charge in [0.15, 0.2) is 0 Å². The van der Waals surface area contributed by atoms with Crippen LogP contribution in [0.3, 0.4) is 0 Å². The van der Waals surface area contributed by atoms with Crippen LogP contribution >= 0.6 is 0 Å². The third-order valence-corrected chi connectivity index (χ3v) is 2.57. The molecule has 2 amide bonds. The number of nitrogens with zero attached hydrogens (tertiary/aromatic N) is 2. The molecule has 0 saturated carbocycles. The molecule has 1 aromatic heterocycles. The summed E-state index contributed by atoms with van der Waals surface area (Å²) in [5, 5.41) is 14.5. The number of rotatable bonds is 5. The van der Waals surface area contributed by atoms with Crippen LogP contribution < -0.4 is 10.6 Å².